The summed E-state index contributed by atoms with van der Waals surface area (Å²) in [5.74, 6) is 1.02. The van der Waals surface area contributed by atoms with E-state index in [9.17, 15) is 9.59 Å². The molecule has 0 unspecified atom stereocenters. The lowest BCUT2D eigenvalue weighted by atomic mass is 10.0. The van der Waals surface area contributed by atoms with Gasteiger partial charge in [-0.15, -0.1) is 0 Å². The molecule has 5 rings (SSSR count). The molecule has 1 aromatic heterocycles. The molecule has 2 fully saturated rings. The molecule has 0 atom stereocenters. The van der Waals surface area contributed by atoms with Crippen molar-refractivity contribution in [3.05, 3.63) is 111 Å². The highest BCUT2D eigenvalue weighted by atomic mass is 16.5. The Morgan fingerprint density at radius 3 is 2.37 bits per heavy atom. The van der Waals surface area contributed by atoms with Gasteiger partial charge in [-0.2, -0.15) is 0 Å². The first-order chi connectivity index (χ1) is 20.7. The van der Waals surface area contributed by atoms with Crippen LogP contribution < -0.4 is 27.1 Å². The number of benzene rings is 2. The number of H-pyrrole nitrogens is 1. The second-order valence-electron chi connectivity index (χ2n) is 11.9. The summed E-state index contributed by atoms with van der Waals surface area (Å²) in [6.45, 7) is 5.81. The second kappa shape index (κ2) is 13.8. The Morgan fingerprint density at radius 1 is 0.977 bits per heavy atom. The summed E-state index contributed by atoms with van der Waals surface area (Å²) in [6, 6.07) is 15.7. The molecule has 1 amide bonds. The Kier molecular flexibility index (Phi) is 9.67. The van der Waals surface area contributed by atoms with Gasteiger partial charge in [0, 0.05) is 60.3 Å². The van der Waals surface area contributed by atoms with Gasteiger partial charge in [0.15, 0.2) is 0 Å². The summed E-state index contributed by atoms with van der Waals surface area (Å²) in [7, 11) is 0. The fourth-order valence-electron chi connectivity index (χ4n) is 6.03. The van der Waals surface area contributed by atoms with E-state index in [1.807, 2.05) is 49.4 Å². The first-order valence-corrected chi connectivity index (χ1v) is 15.3. The van der Waals surface area contributed by atoms with Crippen LogP contribution in [-0.4, -0.2) is 41.0 Å². The molecule has 8 nitrogen and oxygen atoms in total. The summed E-state index contributed by atoms with van der Waals surface area (Å²) in [5.41, 5.74) is 16.8. The molecule has 3 aromatic rings. The zero-order valence-electron chi connectivity index (χ0n) is 25.2. The molecular formula is C35H43N5O3. The maximum absolute atomic E-state index is 13.4. The summed E-state index contributed by atoms with van der Waals surface area (Å²) in [5, 5.41) is 3.25. The Morgan fingerprint density at radius 2 is 1.67 bits per heavy atom. The monoisotopic (exact) mass is 581 g/mol. The van der Waals surface area contributed by atoms with E-state index in [1.54, 1.807) is 31.3 Å². The third kappa shape index (κ3) is 7.96. The molecule has 8 heteroatoms. The van der Waals surface area contributed by atoms with Crippen LogP contribution in [0.5, 0.6) is 11.5 Å². The van der Waals surface area contributed by atoms with Gasteiger partial charge in [-0.05, 0) is 111 Å². The van der Waals surface area contributed by atoms with E-state index in [0.717, 1.165) is 48.7 Å². The van der Waals surface area contributed by atoms with Gasteiger partial charge in [-0.1, -0.05) is 18.9 Å². The van der Waals surface area contributed by atoms with Crippen LogP contribution in [0.3, 0.4) is 0 Å². The van der Waals surface area contributed by atoms with Gasteiger partial charge in [-0.25, -0.2) is 0 Å². The predicted octanol–water partition coefficient (Wildman–Crippen LogP) is 5.37. The number of hydrogen-bond acceptors (Lipinski definition) is 6. The van der Waals surface area contributed by atoms with E-state index in [1.165, 1.54) is 25.7 Å². The number of carbonyl (C=O) groups excluding carboxylic acids is 1. The van der Waals surface area contributed by atoms with E-state index in [0.29, 0.717) is 40.4 Å². The Balaban J connectivity index is 1.34. The van der Waals surface area contributed by atoms with Gasteiger partial charge < -0.3 is 31.4 Å². The maximum atomic E-state index is 13.4. The van der Waals surface area contributed by atoms with Crippen molar-refractivity contribution in [3.63, 3.8) is 0 Å². The fourth-order valence-corrected chi connectivity index (χ4v) is 6.03. The van der Waals surface area contributed by atoms with Gasteiger partial charge >= 0.3 is 0 Å². The van der Waals surface area contributed by atoms with E-state index in [4.69, 9.17) is 16.2 Å². The molecule has 2 aliphatic rings. The van der Waals surface area contributed by atoms with E-state index < -0.39 is 0 Å². The maximum Gasteiger partial charge on any atom is 0.251 e. The van der Waals surface area contributed by atoms with Crippen molar-refractivity contribution in [2.45, 2.75) is 70.9 Å². The number of hydrogen-bond donors (Lipinski definition) is 4. The van der Waals surface area contributed by atoms with Gasteiger partial charge in [-0.3, -0.25) is 9.59 Å². The molecule has 1 aliphatic heterocycles. The minimum absolute atomic E-state index is 0.111. The third-order valence-corrected chi connectivity index (χ3v) is 8.48. The molecule has 1 saturated carbocycles. The highest BCUT2D eigenvalue weighted by molar-refractivity contribution is 5.95. The van der Waals surface area contributed by atoms with E-state index >= 15 is 0 Å². The molecule has 43 heavy (non-hydrogen) atoms. The number of amides is 1. The van der Waals surface area contributed by atoms with Crippen molar-refractivity contribution in [1.29, 1.82) is 0 Å². The Bertz CT molecular complexity index is 1540. The molecule has 2 aromatic carbocycles. The number of ether oxygens (including phenoxy) is 1. The van der Waals surface area contributed by atoms with Crippen molar-refractivity contribution < 1.29 is 9.53 Å². The number of piperidine rings is 1. The van der Waals surface area contributed by atoms with Crippen LogP contribution in [0.15, 0.2) is 77.4 Å². The van der Waals surface area contributed by atoms with E-state index in [2.05, 4.69) is 15.2 Å². The quantitative estimate of drug-likeness (QED) is 0.252. The van der Waals surface area contributed by atoms with Crippen LogP contribution in [-0.2, 0) is 6.42 Å². The van der Waals surface area contributed by atoms with Gasteiger partial charge in [0.1, 0.15) is 11.5 Å². The highest BCUT2D eigenvalue weighted by Gasteiger charge is 2.28. The molecule has 6 N–H and O–H groups in total. The predicted molar refractivity (Wildman–Crippen MR) is 172 cm³/mol. The molecule has 226 valence electrons. The fraction of sp³-hybridized carbons (Fsp3) is 0.371. The minimum atomic E-state index is -0.143. The van der Waals surface area contributed by atoms with Crippen molar-refractivity contribution in [2.75, 3.05) is 13.1 Å². The third-order valence-electron chi connectivity index (χ3n) is 8.48. The summed E-state index contributed by atoms with van der Waals surface area (Å²) in [6.07, 6.45) is 12.8. The lowest BCUT2D eigenvalue weighted by Gasteiger charge is -2.36. The normalized spacial score (nSPS) is 17.3. The van der Waals surface area contributed by atoms with Crippen LogP contribution in [0.1, 0.15) is 78.1 Å². The Hall–Kier alpha value is -4.30. The van der Waals surface area contributed by atoms with Crippen LogP contribution in [0.2, 0.25) is 0 Å². The first kappa shape index (κ1) is 30.2. The number of pyridine rings is 1. The van der Waals surface area contributed by atoms with E-state index in [-0.39, 0.29) is 17.5 Å². The van der Waals surface area contributed by atoms with Crippen molar-refractivity contribution in [3.8, 4) is 11.5 Å². The van der Waals surface area contributed by atoms with Crippen molar-refractivity contribution in [2.24, 2.45) is 11.5 Å². The van der Waals surface area contributed by atoms with Crippen molar-refractivity contribution >= 4 is 11.6 Å². The minimum Gasteiger partial charge on any atom is -0.457 e. The van der Waals surface area contributed by atoms with Crippen molar-refractivity contribution in [1.82, 2.24) is 15.2 Å². The number of aryl methyl sites for hydroxylation is 1. The number of aromatic amines is 1. The average Bonchev–Trinajstić information content (AvgIpc) is 3.54. The van der Waals surface area contributed by atoms with Gasteiger partial charge in [0.05, 0.1) is 0 Å². The Labute approximate surface area is 253 Å². The molecule has 1 saturated heterocycles. The smallest absolute Gasteiger partial charge is 0.251 e. The number of nitrogens with two attached hydrogens (primary N) is 2. The lowest BCUT2D eigenvalue weighted by molar-refractivity contribution is 0.0892. The zero-order valence-corrected chi connectivity index (χ0v) is 25.2. The number of likely N-dealkylation sites (tertiary alicyclic amines) is 1. The summed E-state index contributed by atoms with van der Waals surface area (Å²) >= 11 is 0. The van der Waals surface area contributed by atoms with Gasteiger partial charge in [0.2, 0.25) is 0 Å². The van der Waals surface area contributed by atoms with Gasteiger partial charge in [0.25, 0.3) is 11.5 Å². The highest BCUT2D eigenvalue weighted by Crippen LogP contribution is 2.30. The molecule has 2 heterocycles. The molecular weight excluding hydrogens is 538 g/mol. The first-order valence-electron chi connectivity index (χ1n) is 15.3. The topological polar surface area (TPSA) is 126 Å². The molecule has 0 spiro atoms. The summed E-state index contributed by atoms with van der Waals surface area (Å²) < 4.78 is 6.35. The molecule has 0 bridgehead atoms. The number of rotatable bonds is 9. The molecule has 1 aliphatic carbocycles. The zero-order chi connectivity index (χ0) is 30.3. The number of allylic oxidation sites excluding steroid dienone is 3. The number of aromatic nitrogens is 1. The second-order valence-corrected chi connectivity index (χ2v) is 11.9. The average molecular weight is 582 g/mol. The largest absolute Gasteiger partial charge is 0.457 e. The molecule has 0 radical (unpaired) electrons. The number of carbonyl (C=O) groups is 1. The van der Waals surface area contributed by atoms with Crippen LogP contribution >= 0.6 is 0 Å². The van der Waals surface area contributed by atoms with Crippen LogP contribution in [0, 0.1) is 6.92 Å². The van der Waals surface area contributed by atoms with Crippen LogP contribution in [0.4, 0.5) is 0 Å². The lowest BCUT2D eigenvalue weighted by Crippen LogP contribution is -2.47. The van der Waals surface area contributed by atoms with Crippen LogP contribution in [0.25, 0.3) is 5.70 Å². The SMILES string of the molecule is C/C(N)=C/C=C(\N)c1ccc(Oc2cc(C(=O)NC3CCN(C4CCCC4)CC3)ccc2Cc2cc(C)c[nH]c2=O)cc1. The number of nitrogens with one attached hydrogen (secondary N) is 2. The summed E-state index contributed by atoms with van der Waals surface area (Å²) in [4.78, 5) is 31.3. The number of nitrogens with zero attached hydrogens (tertiary/aromatic N) is 1. The standard InChI is InChI=1S/C35H43N5O3/c1-23-19-28(34(41)38-22-23)20-26-8-9-27(35(42)39-29-15-17-40(18-16-29)30-5-3-4-6-30)21-33(26)43-31-12-10-25(11-13-31)32(37)14-7-24(2)36/h7-14,19,21-22,29-30H,3-6,15-18,20,36-37H2,1-2H3,(H,38,41)(H,39,42)/b24-7-,32-14-.